The summed E-state index contributed by atoms with van der Waals surface area (Å²) in [6.07, 6.45) is 1.43. The molecule has 2 aromatic carbocycles. The van der Waals surface area contributed by atoms with E-state index in [0.717, 1.165) is 11.1 Å². The van der Waals surface area contributed by atoms with Crippen LogP contribution in [-0.4, -0.2) is 35.5 Å². The van der Waals surface area contributed by atoms with E-state index in [1.54, 1.807) is 18.2 Å². The zero-order chi connectivity index (χ0) is 19.7. The van der Waals surface area contributed by atoms with Crippen molar-refractivity contribution in [3.63, 3.8) is 0 Å². The molecule has 5 nitrogen and oxygen atoms in total. The summed E-state index contributed by atoms with van der Waals surface area (Å²) in [6.45, 7) is 1.56. The van der Waals surface area contributed by atoms with Gasteiger partial charge in [-0.3, -0.25) is 9.59 Å². The monoisotopic (exact) mass is 418 g/mol. The molecule has 2 aliphatic rings. The molecule has 0 aliphatic carbocycles. The molecule has 7 heteroatoms. The number of amides is 2. The molecule has 2 amide bonds. The molecule has 146 valence electrons. The fraction of sp³-hybridized carbons (Fsp3) is 0.333. The van der Waals surface area contributed by atoms with Crippen LogP contribution in [-0.2, 0) is 16.1 Å². The van der Waals surface area contributed by atoms with Gasteiger partial charge in [-0.05, 0) is 42.7 Å². The van der Waals surface area contributed by atoms with Crippen LogP contribution < -0.4 is 5.32 Å². The standard InChI is InChI=1S/C21H20Cl2N2O3/c22-15-5-6-18(17(23)11-15)24-19(26)12-21(7-9-28-10-8-21)25-13-14-3-1-2-4-16(14)20(25)27/h1-6,11H,7-10,12-13H2,(H,24,26). The third-order valence-electron chi connectivity index (χ3n) is 5.51. The maximum atomic E-state index is 13.1. The van der Waals surface area contributed by atoms with Gasteiger partial charge in [-0.25, -0.2) is 0 Å². The highest BCUT2D eigenvalue weighted by Crippen LogP contribution is 2.38. The van der Waals surface area contributed by atoms with E-state index < -0.39 is 5.54 Å². The van der Waals surface area contributed by atoms with E-state index in [4.69, 9.17) is 27.9 Å². The minimum atomic E-state index is -0.572. The molecule has 2 aliphatic heterocycles. The topological polar surface area (TPSA) is 58.6 Å². The molecule has 0 spiro atoms. The van der Waals surface area contributed by atoms with Crippen LogP contribution in [0.2, 0.25) is 10.0 Å². The summed E-state index contributed by atoms with van der Waals surface area (Å²) in [7, 11) is 0. The van der Waals surface area contributed by atoms with Crippen molar-refractivity contribution in [3.8, 4) is 0 Å². The lowest BCUT2D eigenvalue weighted by atomic mass is 9.84. The van der Waals surface area contributed by atoms with Crippen molar-refractivity contribution in [2.24, 2.45) is 0 Å². The molecular formula is C21H20Cl2N2O3. The van der Waals surface area contributed by atoms with Gasteiger partial charge in [0, 0.05) is 30.3 Å². The smallest absolute Gasteiger partial charge is 0.254 e. The average Bonchev–Trinajstić information content (AvgIpc) is 3.02. The van der Waals surface area contributed by atoms with Gasteiger partial charge >= 0.3 is 0 Å². The van der Waals surface area contributed by atoms with Crippen molar-refractivity contribution in [2.75, 3.05) is 18.5 Å². The molecule has 0 aromatic heterocycles. The Morgan fingerprint density at radius 2 is 1.89 bits per heavy atom. The lowest BCUT2D eigenvalue weighted by Crippen LogP contribution is -2.54. The minimum absolute atomic E-state index is 0.0187. The number of carbonyl (C=O) groups is 2. The highest BCUT2D eigenvalue weighted by atomic mass is 35.5. The zero-order valence-corrected chi connectivity index (χ0v) is 16.7. The highest BCUT2D eigenvalue weighted by molar-refractivity contribution is 6.36. The lowest BCUT2D eigenvalue weighted by Gasteiger charge is -2.44. The molecule has 28 heavy (non-hydrogen) atoms. The molecule has 4 rings (SSSR count). The van der Waals surface area contributed by atoms with Crippen molar-refractivity contribution >= 4 is 40.7 Å². The number of halogens is 2. The number of hydrogen-bond donors (Lipinski definition) is 1. The first-order chi connectivity index (χ1) is 13.5. The van der Waals surface area contributed by atoms with E-state index in [2.05, 4.69) is 5.32 Å². The molecule has 1 N–H and O–H groups in total. The number of nitrogens with one attached hydrogen (secondary N) is 1. The molecular weight excluding hydrogens is 399 g/mol. The van der Waals surface area contributed by atoms with Gasteiger partial charge in [-0.2, -0.15) is 0 Å². The van der Waals surface area contributed by atoms with Crippen molar-refractivity contribution in [2.45, 2.75) is 31.3 Å². The number of hydrogen-bond acceptors (Lipinski definition) is 3. The maximum Gasteiger partial charge on any atom is 0.254 e. The largest absolute Gasteiger partial charge is 0.381 e. The van der Waals surface area contributed by atoms with E-state index in [1.165, 1.54) is 0 Å². The summed E-state index contributed by atoms with van der Waals surface area (Å²) < 4.78 is 5.52. The first kappa shape index (κ1) is 19.2. The van der Waals surface area contributed by atoms with Crippen LogP contribution >= 0.6 is 23.2 Å². The summed E-state index contributed by atoms with van der Waals surface area (Å²) in [5.74, 6) is -0.204. The second-order valence-corrected chi connectivity index (χ2v) is 8.08. The summed E-state index contributed by atoms with van der Waals surface area (Å²) in [5.41, 5.74) is 1.65. The second kappa shape index (κ2) is 7.74. The van der Waals surface area contributed by atoms with Gasteiger partial charge in [0.25, 0.3) is 5.91 Å². The van der Waals surface area contributed by atoms with Crippen molar-refractivity contribution < 1.29 is 14.3 Å². The number of benzene rings is 2. The van der Waals surface area contributed by atoms with Gasteiger partial charge in [-0.1, -0.05) is 41.4 Å². The fourth-order valence-corrected chi connectivity index (χ4v) is 4.47. The van der Waals surface area contributed by atoms with Gasteiger partial charge in [-0.15, -0.1) is 0 Å². The molecule has 0 bridgehead atoms. The fourth-order valence-electron chi connectivity index (χ4n) is 4.02. The van der Waals surface area contributed by atoms with E-state index in [1.807, 2.05) is 29.2 Å². The van der Waals surface area contributed by atoms with Crippen molar-refractivity contribution in [1.82, 2.24) is 4.90 Å². The summed E-state index contributed by atoms with van der Waals surface area (Å²) in [6, 6.07) is 12.5. The van der Waals surface area contributed by atoms with Crippen molar-refractivity contribution in [3.05, 3.63) is 63.6 Å². The Hall–Kier alpha value is -2.08. The van der Waals surface area contributed by atoms with E-state index >= 15 is 0 Å². The van der Waals surface area contributed by atoms with Crippen LogP contribution in [0.25, 0.3) is 0 Å². The molecule has 0 saturated carbocycles. The first-order valence-corrected chi connectivity index (χ1v) is 9.97. The normalized spacial score (nSPS) is 18.1. The third kappa shape index (κ3) is 3.62. The molecule has 1 saturated heterocycles. The Morgan fingerprint density at radius 1 is 1.14 bits per heavy atom. The Morgan fingerprint density at radius 3 is 2.61 bits per heavy atom. The predicted octanol–water partition coefficient (Wildman–Crippen LogP) is 4.53. The number of carbonyl (C=O) groups excluding carboxylic acids is 2. The number of ether oxygens (including phenoxy) is 1. The van der Waals surface area contributed by atoms with Gasteiger partial charge in [0.2, 0.25) is 5.91 Å². The summed E-state index contributed by atoms with van der Waals surface area (Å²) >= 11 is 12.1. The van der Waals surface area contributed by atoms with E-state index in [9.17, 15) is 9.59 Å². The van der Waals surface area contributed by atoms with E-state index in [-0.39, 0.29) is 18.2 Å². The van der Waals surface area contributed by atoms with E-state index in [0.29, 0.717) is 48.3 Å². The molecule has 0 atom stereocenters. The molecule has 2 aromatic rings. The number of rotatable bonds is 4. The van der Waals surface area contributed by atoms with Gasteiger partial charge < -0.3 is 15.0 Å². The lowest BCUT2D eigenvalue weighted by molar-refractivity contribution is -0.120. The summed E-state index contributed by atoms with van der Waals surface area (Å²) in [5, 5.41) is 3.75. The highest BCUT2D eigenvalue weighted by Gasteiger charge is 2.46. The molecule has 2 heterocycles. The predicted molar refractivity (Wildman–Crippen MR) is 109 cm³/mol. The molecule has 1 fully saturated rings. The van der Waals surface area contributed by atoms with Gasteiger partial charge in [0.1, 0.15) is 0 Å². The molecule has 0 radical (unpaired) electrons. The Bertz CT molecular complexity index is 926. The van der Waals surface area contributed by atoms with Crippen LogP contribution in [0.5, 0.6) is 0 Å². The Kier molecular flexibility index (Phi) is 5.32. The Labute approximate surface area is 173 Å². The SMILES string of the molecule is O=C(CC1(N2Cc3ccccc3C2=O)CCOCC1)Nc1ccc(Cl)cc1Cl. The first-order valence-electron chi connectivity index (χ1n) is 9.21. The van der Waals surface area contributed by atoms with Crippen LogP contribution in [0.15, 0.2) is 42.5 Å². The number of anilines is 1. The number of fused-ring (bicyclic) bond motifs is 1. The average molecular weight is 419 g/mol. The van der Waals surface area contributed by atoms with Crippen LogP contribution in [0.1, 0.15) is 35.2 Å². The quantitative estimate of drug-likeness (QED) is 0.793. The van der Waals surface area contributed by atoms with Gasteiger partial charge in [0.05, 0.1) is 22.7 Å². The van der Waals surface area contributed by atoms with Crippen LogP contribution in [0.3, 0.4) is 0 Å². The maximum absolute atomic E-state index is 13.1. The van der Waals surface area contributed by atoms with Gasteiger partial charge in [0.15, 0.2) is 0 Å². The van der Waals surface area contributed by atoms with Crippen LogP contribution in [0, 0.1) is 0 Å². The molecule has 0 unspecified atom stereocenters. The summed E-state index contributed by atoms with van der Waals surface area (Å²) in [4.78, 5) is 27.8. The zero-order valence-electron chi connectivity index (χ0n) is 15.2. The van der Waals surface area contributed by atoms with Crippen molar-refractivity contribution in [1.29, 1.82) is 0 Å². The Balaban J connectivity index is 1.56. The number of nitrogens with zero attached hydrogens (tertiary/aromatic N) is 1. The minimum Gasteiger partial charge on any atom is -0.381 e. The third-order valence-corrected chi connectivity index (χ3v) is 6.06. The van der Waals surface area contributed by atoms with Crippen LogP contribution in [0.4, 0.5) is 5.69 Å². The second-order valence-electron chi connectivity index (χ2n) is 7.23.